The molecule has 0 radical (unpaired) electrons. The van der Waals surface area contributed by atoms with Crippen LogP contribution in [0.25, 0.3) is 27.4 Å². The number of benzene rings is 3. The molecule has 0 bridgehead atoms. The highest BCUT2D eigenvalue weighted by Gasteiger charge is 2.30. The number of halogens is 1. The van der Waals surface area contributed by atoms with Crippen LogP contribution in [-0.4, -0.2) is 60.0 Å². The van der Waals surface area contributed by atoms with Crippen LogP contribution in [0.5, 0.6) is 11.5 Å². The number of pyridine rings is 1. The minimum absolute atomic E-state index is 0.00600. The van der Waals surface area contributed by atoms with E-state index >= 15 is 4.39 Å². The number of hydrogen-bond acceptors (Lipinski definition) is 6. The summed E-state index contributed by atoms with van der Waals surface area (Å²) >= 11 is 0. The van der Waals surface area contributed by atoms with Crippen LogP contribution < -0.4 is 26.1 Å². The van der Waals surface area contributed by atoms with Gasteiger partial charge in [0.05, 0.1) is 11.1 Å². The highest BCUT2D eigenvalue weighted by Crippen LogP contribution is 2.46. The molecule has 4 aromatic rings. The third-order valence-electron chi connectivity index (χ3n) is 8.80. The first-order valence-electron chi connectivity index (χ1n) is 15.1. The van der Waals surface area contributed by atoms with Gasteiger partial charge in [0.25, 0.3) is 5.91 Å². The number of carbonyl (C=O) groups is 2. The first-order valence-corrected chi connectivity index (χ1v) is 15.1. The van der Waals surface area contributed by atoms with E-state index in [2.05, 4.69) is 20.9 Å². The lowest BCUT2D eigenvalue weighted by atomic mass is 10.0. The van der Waals surface area contributed by atoms with Crippen LogP contribution in [0.4, 0.5) is 10.1 Å². The van der Waals surface area contributed by atoms with E-state index < -0.39 is 17.2 Å². The average molecular weight is 584 g/mol. The molecule has 0 spiro atoms. The molecule has 43 heavy (non-hydrogen) atoms. The Morgan fingerprint density at radius 1 is 1.07 bits per heavy atom. The summed E-state index contributed by atoms with van der Waals surface area (Å²) in [5.74, 6) is -1.17. The average Bonchev–Trinajstić information content (AvgIpc) is 3.73. The second kappa shape index (κ2) is 11.4. The zero-order valence-corrected chi connectivity index (χ0v) is 23.9. The van der Waals surface area contributed by atoms with Crippen LogP contribution >= 0.6 is 0 Å². The number of carbonyl (C=O) groups excluding carboxylic acids is 2. The molecule has 3 aliphatic rings. The van der Waals surface area contributed by atoms with E-state index in [4.69, 9.17) is 4.74 Å². The van der Waals surface area contributed by atoms with Crippen LogP contribution in [0.2, 0.25) is 0 Å². The van der Waals surface area contributed by atoms with E-state index in [1.54, 1.807) is 4.57 Å². The first-order chi connectivity index (χ1) is 21.0. The van der Waals surface area contributed by atoms with Crippen LogP contribution in [0.1, 0.15) is 48.9 Å². The molecule has 4 heterocycles. The number of fused-ring (bicyclic) bond motifs is 3. The van der Waals surface area contributed by atoms with Gasteiger partial charge in [0.2, 0.25) is 11.3 Å². The first kappa shape index (κ1) is 27.5. The normalized spacial score (nSPS) is 17.7. The summed E-state index contributed by atoms with van der Waals surface area (Å²) in [6.07, 6.45) is 6.87. The molecule has 9 nitrogen and oxygen atoms in total. The van der Waals surface area contributed by atoms with Gasteiger partial charge in [0.1, 0.15) is 16.8 Å². The SMILES string of the molecule is O=C(CCN1CCCC1)Nc1c(F)cc2c(=O)c(C(=O)NCCC3CCCN3)cn3c2c1Oc1cc2ccccc2cc1-3. The van der Waals surface area contributed by atoms with Gasteiger partial charge < -0.3 is 30.2 Å². The molecule has 1 unspecified atom stereocenters. The highest BCUT2D eigenvalue weighted by atomic mass is 19.1. The summed E-state index contributed by atoms with van der Waals surface area (Å²) in [5, 5.41) is 10.9. The van der Waals surface area contributed by atoms with Gasteiger partial charge in [-0.25, -0.2) is 4.39 Å². The Labute approximate surface area is 248 Å². The fraction of sp³-hybridized carbons (Fsp3) is 0.364. The van der Waals surface area contributed by atoms with Crippen LogP contribution in [0.3, 0.4) is 0 Å². The molecule has 1 aromatic heterocycles. The van der Waals surface area contributed by atoms with Gasteiger partial charge in [-0.1, -0.05) is 24.3 Å². The highest BCUT2D eigenvalue weighted by molar-refractivity contribution is 6.04. The predicted molar refractivity (Wildman–Crippen MR) is 164 cm³/mol. The number of aromatic nitrogens is 1. The van der Waals surface area contributed by atoms with E-state index in [9.17, 15) is 14.4 Å². The molecule has 2 fully saturated rings. The second-order valence-corrected chi connectivity index (χ2v) is 11.7. The summed E-state index contributed by atoms with van der Waals surface area (Å²) in [5.41, 5.74) is 0.115. The fourth-order valence-electron chi connectivity index (χ4n) is 6.51. The van der Waals surface area contributed by atoms with Gasteiger partial charge in [0, 0.05) is 31.7 Å². The Bertz CT molecular complexity index is 1810. The Hall–Kier alpha value is -4.28. The number of nitrogens with zero attached hydrogens (tertiary/aromatic N) is 2. The molecule has 3 aliphatic heterocycles. The van der Waals surface area contributed by atoms with E-state index in [0.29, 0.717) is 36.1 Å². The Balaban J connectivity index is 1.30. The summed E-state index contributed by atoms with van der Waals surface area (Å²) in [6.45, 7) is 3.89. The van der Waals surface area contributed by atoms with E-state index in [1.165, 1.54) is 6.20 Å². The smallest absolute Gasteiger partial charge is 0.256 e. The Morgan fingerprint density at radius 3 is 2.63 bits per heavy atom. The molecule has 3 aromatic carbocycles. The molecular weight excluding hydrogens is 549 g/mol. The lowest BCUT2D eigenvalue weighted by Crippen LogP contribution is -2.33. The lowest BCUT2D eigenvalue weighted by molar-refractivity contribution is -0.116. The van der Waals surface area contributed by atoms with Crippen molar-refractivity contribution in [2.75, 3.05) is 38.0 Å². The minimum atomic E-state index is -0.797. The van der Waals surface area contributed by atoms with E-state index in [1.807, 2.05) is 36.4 Å². The van der Waals surface area contributed by atoms with Gasteiger partial charge in [-0.15, -0.1) is 0 Å². The molecule has 0 saturated carbocycles. The number of likely N-dealkylation sites (tertiary alicyclic amines) is 1. The minimum Gasteiger partial charge on any atom is -0.451 e. The Kier molecular flexibility index (Phi) is 7.32. The van der Waals surface area contributed by atoms with E-state index in [0.717, 1.165) is 68.6 Å². The van der Waals surface area contributed by atoms with Gasteiger partial charge in [-0.3, -0.25) is 14.4 Å². The predicted octanol–water partition coefficient (Wildman–Crippen LogP) is 4.69. The van der Waals surface area contributed by atoms with Gasteiger partial charge in [-0.05, 0) is 80.7 Å². The van der Waals surface area contributed by atoms with E-state index in [-0.39, 0.29) is 34.7 Å². The molecule has 2 saturated heterocycles. The molecular formula is C33H34FN5O4. The number of nitrogens with one attached hydrogen (secondary N) is 3. The summed E-state index contributed by atoms with van der Waals surface area (Å²) < 4.78 is 23.8. The van der Waals surface area contributed by atoms with Crippen molar-refractivity contribution in [3.63, 3.8) is 0 Å². The number of ether oxygens (including phenoxy) is 1. The summed E-state index contributed by atoms with van der Waals surface area (Å²) in [7, 11) is 0. The van der Waals surface area contributed by atoms with Crippen LogP contribution in [0.15, 0.2) is 53.5 Å². The maximum Gasteiger partial charge on any atom is 0.256 e. The molecule has 2 amide bonds. The lowest BCUT2D eigenvalue weighted by Gasteiger charge is -2.26. The monoisotopic (exact) mass is 583 g/mol. The van der Waals surface area contributed by atoms with Crippen LogP contribution in [0, 0.1) is 5.82 Å². The zero-order chi connectivity index (χ0) is 29.5. The number of hydrogen-bond donors (Lipinski definition) is 3. The molecule has 10 heteroatoms. The van der Waals surface area contributed by atoms with Crippen molar-refractivity contribution in [1.29, 1.82) is 0 Å². The van der Waals surface area contributed by atoms with Gasteiger partial charge >= 0.3 is 0 Å². The largest absolute Gasteiger partial charge is 0.451 e. The summed E-state index contributed by atoms with van der Waals surface area (Å²) in [6, 6.07) is 13.0. The second-order valence-electron chi connectivity index (χ2n) is 11.7. The number of amides is 2. The number of anilines is 1. The molecule has 1 atom stereocenters. The van der Waals surface area contributed by atoms with Crippen molar-refractivity contribution >= 4 is 39.2 Å². The topological polar surface area (TPSA) is 105 Å². The summed E-state index contributed by atoms with van der Waals surface area (Å²) in [4.78, 5) is 42.2. The third kappa shape index (κ3) is 5.25. The van der Waals surface area contributed by atoms with Crippen molar-refractivity contribution in [2.45, 2.75) is 44.6 Å². The fourth-order valence-corrected chi connectivity index (χ4v) is 6.51. The number of rotatable bonds is 8. The Morgan fingerprint density at radius 2 is 1.86 bits per heavy atom. The molecule has 7 rings (SSSR count). The van der Waals surface area contributed by atoms with Crippen molar-refractivity contribution in [3.05, 3.63) is 70.3 Å². The third-order valence-corrected chi connectivity index (χ3v) is 8.80. The van der Waals surface area contributed by atoms with Crippen molar-refractivity contribution < 1.29 is 18.7 Å². The van der Waals surface area contributed by atoms with Crippen molar-refractivity contribution in [3.8, 4) is 17.2 Å². The molecule has 222 valence electrons. The van der Waals surface area contributed by atoms with Crippen LogP contribution in [-0.2, 0) is 4.79 Å². The molecule has 3 N–H and O–H groups in total. The standard InChI is InChI=1S/C33H34FN5O4/c34-25-18-23-30-32(29(25)37-28(40)10-15-38-13-3-4-14-38)43-27-17-21-7-2-1-6-20(21)16-26(27)39(30)19-24(31(23)41)33(42)36-12-9-22-8-5-11-35-22/h1-2,6-7,16-19,22,35H,3-5,8-15H2,(H,36,42)(H,37,40). The maximum atomic E-state index is 15.8. The molecule has 0 aliphatic carbocycles. The maximum absolute atomic E-state index is 15.8. The zero-order valence-electron chi connectivity index (χ0n) is 23.9. The van der Waals surface area contributed by atoms with Gasteiger partial charge in [0.15, 0.2) is 17.3 Å². The van der Waals surface area contributed by atoms with Crippen molar-refractivity contribution in [2.24, 2.45) is 0 Å². The quantitative estimate of drug-likeness (QED) is 0.245. The van der Waals surface area contributed by atoms with Crippen molar-refractivity contribution in [1.82, 2.24) is 20.1 Å². The van der Waals surface area contributed by atoms with Gasteiger partial charge in [-0.2, -0.15) is 0 Å².